The molecular weight excluding hydrogens is 260 g/mol. The molecule has 0 saturated carbocycles. The van der Waals surface area contributed by atoms with Crippen molar-refractivity contribution in [3.05, 3.63) is 46.1 Å². The van der Waals surface area contributed by atoms with Gasteiger partial charge >= 0.3 is 11.7 Å². The quantitative estimate of drug-likeness (QED) is 0.729. The number of rotatable bonds is 2. The molecule has 0 fully saturated rings. The Labute approximate surface area is 113 Å². The average molecular weight is 272 g/mol. The van der Waals surface area contributed by atoms with Gasteiger partial charge in [0.15, 0.2) is 0 Å². The Kier molecular flexibility index (Phi) is 2.50. The van der Waals surface area contributed by atoms with Crippen LogP contribution in [0.2, 0.25) is 0 Å². The van der Waals surface area contributed by atoms with Crippen LogP contribution in [0.5, 0.6) is 0 Å². The SMILES string of the molecule is Cc1nn(C)cc1-n1c(=O)[nH]c2ccc(C(=O)O)cc21. The summed E-state index contributed by atoms with van der Waals surface area (Å²) in [6.45, 7) is 1.79. The number of carboxylic acids is 1. The van der Waals surface area contributed by atoms with E-state index in [-0.39, 0.29) is 11.3 Å². The number of aromatic amines is 1. The molecule has 20 heavy (non-hydrogen) atoms. The lowest BCUT2D eigenvalue weighted by molar-refractivity contribution is 0.0697. The number of benzene rings is 1. The highest BCUT2D eigenvalue weighted by atomic mass is 16.4. The molecule has 0 aliphatic carbocycles. The van der Waals surface area contributed by atoms with Crippen LogP contribution >= 0.6 is 0 Å². The summed E-state index contributed by atoms with van der Waals surface area (Å²) in [5.74, 6) is -1.03. The molecule has 102 valence electrons. The molecule has 0 amide bonds. The second-order valence-electron chi connectivity index (χ2n) is 4.58. The van der Waals surface area contributed by atoms with E-state index in [2.05, 4.69) is 10.1 Å². The van der Waals surface area contributed by atoms with Gasteiger partial charge in [-0.15, -0.1) is 0 Å². The number of fused-ring (bicyclic) bond motifs is 1. The summed E-state index contributed by atoms with van der Waals surface area (Å²) in [5, 5.41) is 13.3. The molecule has 0 bridgehead atoms. The number of carboxylic acid groups (broad SMARTS) is 1. The first-order chi connectivity index (χ1) is 9.47. The van der Waals surface area contributed by atoms with Crippen molar-refractivity contribution in [3.8, 4) is 5.69 Å². The second-order valence-corrected chi connectivity index (χ2v) is 4.58. The normalized spacial score (nSPS) is 11.1. The highest BCUT2D eigenvalue weighted by Crippen LogP contribution is 2.19. The molecule has 2 N–H and O–H groups in total. The molecule has 0 saturated heterocycles. The zero-order valence-electron chi connectivity index (χ0n) is 10.9. The van der Waals surface area contributed by atoms with Crippen LogP contribution in [-0.2, 0) is 7.05 Å². The third kappa shape index (κ3) is 1.71. The first-order valence-electron chi connectivity index (χ1n) is 5.96. The summed E-state index contributed by atoms with van der Waals surface area (Å²) in [6.07, 6.45) is 1.72. The van der Waals surface area contributed by atoms with Crippen molar-refractivity contribution in [3.63, 3.8) is 0 Å². The highest BCUT2D eigenvalue weighted by Gasteiger charge is 2.15. The van der Waals surface area contributed by atoms with Crippen LogP contribution in [0, 0.1) is 6.92 Å². The molecule has 0 radical (unpaired) electrons. The van der Waals surface area contributed by atoms with Crippen LogP contribution < -0.4 is 5.69 Å². The first-order valence-corrected chi connectivity index (χ1v) is 5.96. The number of aromatic nitrogens is 4. The number of H-pyrrole nitrogens is 1. The standard InChI is InChI=1S/C13H12N4O3/c1-7-11(6-16(2)15-7)17-10-5-8(12(18)19)3-4-9(10)14-13(17)20/h3-6H,1-2H3,(H,14,20)(H,18,19). The molecule has 3 aromatic rings. The number of hydrogen-bond acceptors (Lipinski definition) is 3. The van der Waals surface area contributed by atoms with Crippen molar-refractivity contribution in [1.29, 1.82) is 0 Å². The first kappa shape index (κ1) is 12.2. The number of nitrogens with one attached hydrogen (secondary N) is 1. The Morgan fingerprint density at radius 2 is 2.15 bits per heavy atom. The van der Waals surface area contributed by atoms with Crippen molar-refractivity contribution in [2.24, 2.45) is 7.05 Å². The van der Waals surface area contributed by atoms with E-state index < -0.39 is 5.97 Å². The number of hydrogen-bond donors (Lipinski definition) is 2. The second kappa shape index (κ2) is 4.09. The van der Waals surface area contributed by atoms with Gasteiger partial charge in [-0.2, -0.15) is 5.10 Å². The van der Waals surface area contributed by atoms with Gasteiger partial charge in [0.1, 0.15) is 0 Å². The summed E-state index contributed by atoms with van der Waals surface area (Å²) < 4.78 is 3.04. The third-order valence-corrected chi connectivity index (χ3v) is 3.16. The number of aromatic carboxylic acids is 1. The number of nitrogens with zero attached hydrogens (tertiary/aromatic N) is 3. The minimum atomic E-state index is -1.03. The van der Waals surface area contributed by atoms with Gasteiger partial charge in [-0.05, 0) is 25.1 Å². The largest absolute Gasteiger partial charge is 0.478 e. The van der Waals surface area contributed by atoms with E-state index >= 15 is 0 Å². The molecule has 7 nitrogen and oxygen atoms in total. The Morgan fingerprint density at radius 1 is 1.40 bits per heavy atom. The van der Waals surface area contributed by atoms with Crippen LogP contribution in [0.3, 0.4) is 0 Å². The summed E-state index contributed by atoms with van der Waals surface area (Å²) in [5.41, 5.74) is 2.24. The summed E-state index contributed by atoms with van der Waals surface area (Å²) in [4.78, 5) is 25.9. The van der Waals surface area contributed by atoms with Gasteiger partial charge in [0.05, 0.1) is 28.0 Å². The average Bonchev–Trinajstić information content (AvgIpc) is 2.86. The van der Waals surface area contributed by atoms with E-state index in [0.29, 0.717) is 22.4 Å². The minimum Gasteiger partial charge on any atom is -0.478 e. The topological polar surface area (TPSA) is 92.9 Å². The lowest BCUT2D eigenvalue weighted by Gasteiger charge is -2.01. The maximum Gasteiger partial charge on any atom is 0.335 e. The molecule has 0 aliphatic heterocycles. The van der Waals surface area contributed by atoms with E-state index in [9.17, 15) is 9.59 Å². The van der Waals surface area contributed by atoms with Crippen molar-refractivity contribution in [2.75, 3.05) is 0 Å². The van der Waals surface area contributed by atoms with Crippen molar-refractivity contribution >= 4 is 17.0 Å². The predicted molar refractivity (Wildman–Crippen MR) is 72.4 cm³/mol. The van der Waals surface area contributed by atoms with E-state index in [0.717, 1.165) is 0 Å². The van der Waals surface area contributed by atoms with Gasteiger partial charge in [0.25, 0.3) is 0 Å². The van der Waals surface area contributed by atoms with Crippen LogP contribution in [-0.4, -0.2) is 30.4 Å². The zero-order valence-corrected chi connectivity index (χ0v) is 10.9. The monoisotopic (exact) mass is 272 g/mol. The fraction of sp³-hybridized carbons (Fsp3) is 0.154. The molecule has 3 rings (SSSR count). The van der Waals surface area contributed by atoms with Gasteiger partial charge in [-0.3, -0.25) is 9.25 Å². The van der Waals surface area contributed by atoms with Gasteiger partial charge in [-0.25, -0.2) is 9.59 Å². The van der Waals surface area contributed by atoms with Crippen molar-refractivity contribution in [1.82, 2.24) is 19.3 Å². The van der Waals surface area contributed by atoms with E-state index in [4.69, 9.17) is 5.11 Å². The molecule has 0 aliphatic rings. The van der Waals surface area contributed by atoms with Crippen LogP contribution in [0.1, 0.15) is 16.1 Å². The lowest BCUT2D eigenvalue weighted by atomic mass is 10.2. The smallest absolute Gasteiger partial charge is 0.335 e. The van der Waals surface area contributed by atoms with Crippen LogP contribution in [0.25, 0.3) is 16.7 Å². The Hall–Kier alpha value is -2.83. The third-order valence-electron chi connectivity index (χ3n) is 3.16. The number of imidazole rings is 1. The fourth-order valence-electron chi connectivity index (χ4n) is 2.28. The molecule has 2 aromatic heterocycles. The van der Waals surface area contributed by atoms with Gasteiger partial charge in [0, 0.05) is 13.2 Å². The van der Waals surface area contributed by atoms with E-state index in [1.807, 2.05) is 0 Å². The highest BCUT2D eigenvalue weighted by molar-refractivity contribution is 5.92. The van der Waals surface area contributed by atoms with Crippen LogP contribution in [0.4, 0.5) is 0 Å². The summed E-state index contributed by atoms with van der Waals surface area (Å²) in [7, 11) is 1.76. The number of carbonyl (C=O) groups is 1. The van der Waals surface area contributed by atoms with E-state index in [1.165, 1.54) is 16.7 Å². The van der Waals surface area contributed by atoms with Crippen LogP contribution in [0.15, 0.2) is 29.2 Å². The fourth-order valence-corrected chi connectivity index (χ4v) is 2.28. The summed E-state index contributed by atoms with van der Waals surface area (Å²) >= 11 is 0. The Balaban J connectivity index is 2.37. The van der Waals surface area contributed by atoms with Gasteiger partial charge in [-0.1, -0.05) is 0 Å². The number of aryl methyl sites for hydroxylation is 2. The van der Waals surface area contributed by atoms with E-state index in [1.54, 1.807) is 30.9 Å². The molecule has 7 heteroatoms. The molecular formula is C13H12N4O3. The molecule has 2 heterocycles. The maximum atomic E-state index is 12.1. The predicted octanol–water partition coefficient (Wildman–Crippen LogP) is 1.06. The summed E-state index contributed by atoms with van der Waals surface area (Å²) in [6, 6.07) is 4.52. The maximum absolute atomic E-state index is 12.1. The molecule has 0 spiro atoms. The van der Waals surface area contributed by atoms with Gasteiger partial charge in [0.2, 0.25) is 0 Å². The minimum absolute atomic E-state index is 0.131. The lowest BCUT2D eigenvalue weighted by Crippen LogP contribution is -2.15. The molecule has 1 aromatic carbocycles. The zero-order chi connectivity index (χ0) is 14.4. The van der Waals surface area contributed by atoms with Gasteiger partial charge < -0.3 is 10.1 Å². The molecule has 0 unspecified atom stereocenters. The Bertz CT molecular complexity index is 885. The van der Waals surface area contributed by atoms with Crippen molar-refractivity contribution in [2.45, 2.75) is 6.92 Å². The Morgan fingerprint density at radius 3 is 2.75 bits per heavy atom. The molecule has 0 atom stereocenters. The van der Waals surface area contributed by atoms with Crippen molar-refractivity contribution < 1.29 is 9.90 Å².